The van der Waals surface area contributed by atoms with Gasteiger partial charge in [-0.05, 0) is 6.08 Å². The molecule has 1 aliphatic rings. The van der Waals surface area contributed by atoms with Crippen LogP contribution in [-0.2, 0) is 0 Å². The Morgan fingerprint density at radius 3 is 2.50 bits per heavy atom. The van der Waals surface area contributed by atoms with Crippen LogP contribution < -0.4 is 11.1 Å². The van der Waals surface area contributed by atoms with Gasteiger partial charge in [-0.3, -0.25) is 0 Å². The highest BCUT2D eigenvalue weighted by Crippen LogP contribution is 2.32. The Kier molecular flexibility index (Phi) is 2.36. The Balaban J connectivity index is 3.02. The van der Waals surface area contributed by atoms with E-state index in [0.717, 1.165) is 6.08 Å². The molecule has 0 amide bonds. The molecule has 3 N–H and O–H groups in total. The lowest BCUT2D eigenvalue weighted by Crippen LogP contribution is -2.28. The normalized spacial score (nSPS) is 18.8. The molecule has 0 unspecified atom stereocenters. The molecule has 2 nitrogen and oxygen atoms in total. The molecule has 6 heteroatoms. The number of hydrogen-bond acceptors (Lipinski definition) is 2. The van der Waals surface area contributed by atoms with Crippen LogP contribution >= 0.6 is 15.9 Å². The minimum absolute atomic E-state index is 0.0329. The summed E-state index contributed by atoms with van der Waals surface area (Å²) in [5.74, 6) is 0.0329. The van der Waals surface area contributed by atoms with Gasteiger partial charge in [0.15, 0.2) is 0 Å². The minimum atomic E-state index is -4.34. The van der Waals surface area contributed by atoms with Gasteiger partial charge in [0.2, 0.25) is 0 Å². The Morgan fingerprint density at radius 1 is 1.50 bits per heavy atom. The summed E-state index contributed by atoms with van der Waals surface area (Å²) in [4.78, 5) is 0. The molecule has 68 valence electrons. The van der Waals surface area contributed by atoms with Crippen molar-refractivity contribution in [1.29, 1.82) is 0 Å². The number of alkyl halides is 3. The Hall–Kier alpha value is -0.650. The van der Waals surface area contributed by atoms with Crippen LogP contribution in [0.2, 0.25) is 0 Å². The van der Waals surface area contributed by atoms with E-state index in [2.05, 4.69) is 21.2 Å². The number of rotatable bonds is 0. The third-order valence-electron chi connectivity index (χ3n) is 1.35. The van der Waals surface area contributed by atoms with E-state index in [-0.39, 0.29) is 16.8 Å². The predicted molar refractivity (Wildman–Crippen MR) is 42.3 cm³/mol. The first-order valence-electron chi connectivity index (χ1n) is 3.08. The number of nitrogens with one attached hydrogen (secondary N) is 1. The molecule has 0 aromatic carbocycles. The van der Waals surface area contributed by atoms with E-state index in [1.807, 2.05) is 0 Å². The van der Waals surface area contributed by atoms with Gasteiger partial charge in [-0.2, -0.15) is 13.2 Å². The first-order valence-corrected chi connectivity index (χ1v) is 3.87. The van der Waals surface area contributed by atoms with Crippen molar-refractivity contribution >= 4 is 15.9 Å². The van der Waals surface area contributed by atoms with Crippen LogP contribution in [0.4, 0.5) is 13.2 Å². The molecular formula is C6H6BrF3N2. The molecule has 0 aromatic rings. The maximum absolute atomic E-state index is 12.1. The number of allylic oxidation sites excluding steroid dienone is 2. The summed E-state index contributed by atoms with van der Waals surface area (Å²) in [7, 11) is 0. The summed E-state index contributed by atoms with van der Waals surface area (Å²) in [6.45, 7) is 0.0805. The third-order valence-corrected chi connectivity index (χ3v) is 2.05. The molecule has 0 aromatic heterocycles. The van der Waals surface area contributed by atoms with Gasteiger partial charge in [0.05, 0.1) is 11.4 Å². The summed E-state index contributed by atoms with van der Waals surface area (Å²) in [5, 5.41) is 2.57. The monoisotopic (exact) mass is 242 g/mol. The Labute approximate surface area is 75.4 Å². The van der Waals surface area contributed by atoms with Gasteiger partial charge in [-0.15, -0.1) is 0 Å². The fraction of sp³-hybridized carbons (Fsp3) is 0.333. The molecule has 0 bridgehead atoms. The van der Waals surface area contributed by atoms with Crippen molar-refractivity contribution in [3.05, 3.63) is 22.0 Å². The molecule has 0 spiro atoms. The van der Waals surface area contributed by atoms with Crippen molar-refractivity contribution in [3.8, 4) is 0 Å². The average Bonchev–Trinajstić information content (AvgIpc) is 1.92. The SMILES string of the molecule is NC1=CC(C(F)(F)F)=C(Br)CN1. The highest BCUT2D eigenvalue weighted by Gasteiger charge is 2.35. The summed E-state index contributed by atoms with van der Waals surface area (Å²) >= 11 is 2.81. The number of nitrogens with two attached hydrogens (primary N) is 1. The quantitative estimate of drug-likeness (QED) is 0.678. The van der Waals surface area contributed by atoms with E-state index in [1.165, 1.54) is 0 Å². The molecule has 0 saturated carbocycles. The standard InChI is InChI=1S/C6H6BrF3N2/c7-4-2-12-5(11)1-3(4)6(8,9)10/h1,12H,2,11H2. The summed E-state index contributed by atoms with van der Waals surface area (Å²) < 4.78 is 36.5. The lowest BCUT2D eigenvalue weighted by molar-refractivity contribution is -0.0888. The van der Waals surface area contributed by atoms with Gasteiger partial charge >= 0.3 is 6.18 Å². The van der Waals surface area contributed by atoms with Crippen molar-refractivity contribution in [3.63, 3.8) is 0 Å². The van der Waals surface area contributed by atoms with Gasteiger partial charge in [-0.1, -0.05) is 15.9 Å². The molecule has 0 atom stereocenters. The fourth-order valence-corrected chi connectivity index (χ4v) is 1.27. The second-order valence-electron chi connectivity index (χ2n) is 2.27. The van der Waals surface area contributed by atoms with E-state index >= 15 is 0 Å². The highest BCUT2D eigenvalue weighted by atomic mass is 79.9. The third kappa shape index (κ3) is 1.94. The number of dihydropyridines is 1. The molecule has 1 aliphatic heterocycles. The first kappa shape index (κ1) is 9.44. The Bertz CT molecular complexity index is 254. The van der Waals surface area contributed by atoms with Crippen LogP contribution in [0.15, 0.2) is 22.0 Å². The van der Waals surface area contributed by atoms with Crippen LogP contribution in [0.25, 0.3) is 0 Å². The van der Waals surface area contributed by atoms with Crippen molar-refractivity contribution in [2.75, 3.05) is 6.54 Å². The smallest absolute Gasteiger partial charge is 0.386 e. The van der Waals surface area contributed by atoms with Gasteiger partial charge in [0, 0.05) is 11.0 Å². The number of halogens is 4. The van der Waals surface area contributed by atoms with Crippen molar-refractivity contribution in [1.82, 2.24) is 5.32 Å². The zero-order valence-electron chi connectivity index (χ0n) is 5.87. The molecule has 1 heterocycles. The van der Waals surface area contributed by atoms with Crippen LogP contribution in [0.3, 0.4) is 0 Å². The van der Waals surface area contributed by atoms with Gasteiger partial charge in [0.25, 0.3) is 0 Å². The molecule has 1 rings (SSSR count). The van der Waals surface area contributed by atoms with Crippen LogP contribution in [0, 0.1) is 0 Å². The first-order chi connectivity index (χ1) is 5.41. The largest absolute Gasteiger partial charge is 0.417 e. The van der Waals surface area contributed by atoms with Crippen molar-refractivity contribution in [2.24, 2.45) is 5.73 Å². The fourth-order valence-electron chi connectivity index (χ4n) is 0.795. The minimum Gasteiger partial charge on any atom is -0.386 e. The van der Waals surface area contributed by atoms with Crippen LogP contribution in [0.5, 0.6) is 0 Å². The van der Waals surface area contributed by atoms with Crippen molar-refractivity contribution < 1.29 is 13.2 Å². The maximum atomic E-state index is 12.1. The molecule has 12 heavy (non-hydrogen) atoms. The lowest BCUT2D eigenvalue weighted by Gasteiger charge is -2.17. The van der Waals surface area contributed by atoms with Crippen molar-refractivity contribution in [2.45, 2.75) is 6.18 Å². The van der Waals surface area contributed by atoms with E-state index in [4.69, 9.17) is 5.73 Å². The summed E-state index contributed by atoms with van der Waals surface area (Å²) in [6, 6.07) is 0. The van der Waals surface area contributed by atoms with E-state index in [0.29, 0.717) is 0 Å². The predicted octanol–water partition coefficient (Wildman–Crippen LogP) is 1.60. The molecule has 0 saturated heterocycles. The summed E-state index contributed by atoms with van der Waals surface area (Å²) in [6.07, 6.45) is -3.47. The number of hydrogen-bond donors (Lipinski definition) is 2. The van der Waals surface area contributed by atoms with E-state index in [9.17, 15) is 13.2 Å². The van der Waals surface area contributed by atoms with Gasteiger partial charge < -0.3 is 11.1 Å². The maximum Gasteiger partial charge on any atom is 0.417 e. The van der Waals surface area contributed by atoms with Gasteiger partial charge in [0.1, 0.15) is 0 Å². The molecular weight excluding hydrogens is 237 g/mol. The van der Waals surface area contributed by atoms with Gasteiger partial charge in [-0.25, -0.2) is 0 Å². The lowest BCUT2D eigenvalue weighted by atomic mass is 10.2. The zero-order chi connectivity index (χ0) is 9.35. The second-order valence-corrected chi connectivity index (χ2v) is 3.23. The molecule has 0 radical (unpaired) electrons. The topological polar surface area (TPSA) is 38.0 Å². The average molecular weight is 243 g/mol. The molecule has 0 aliphatic carbocycles. The zero-order valence-corrected chi connectivity index (χ0v) is 7.46. The van der Waals surface area contributed by atoms with Crippen LogP contribution in [0.1, 0.15) is 0 Å². The van der Waals surface area contributed by atoms with E-state index < -0.39 is 11.7 Å². The summed E-state index contributed by atoms with van der Waals surface area (Å²) in [5.41, 5.74) is 4.46. The van der Waals surface area contributed by atoms with Crippen LogP contribution in [-0.4, -0.2) is 12.7 Å². The highest BCUT2D eigenvalue weighted by molar-refractivity contribution is 9.11. The van der Waals surface area contributed by atoms with E-state index in [1.54, 1.807) is 0 Å². The Morgan fingerprint density at radius 2 is 2.08 bits per heavy atom. The second kappa shape index (κ2) is 3.01. The molecule has 0 fully saturated rings.